The highest BCUT2D eigenvalue weighted by Crippen LogP contribution is 2.07. The first-order valence-corrected chi connectivity index (χ1v) is 8.38. The maximum atomic E-state index is 9.92. The first kappa shape index (κ1) is 21.8. The smallest absolute Gasteiger partial charge is 0.183 e. The molecule has 0 amide bonds. The van der Waals surface area contributed by atoms with E-state index in [-0.39, 0.29) is 6.61 Å². The Balaban J connectivity index is 3.75. The monoisotopic (exact) mass is 322 g/mol. The minimum absolute atomic E-state index is 0.268. The largest absolute Gasteiger partial charge is 0.391 e. The van der Waals surface area contributed by atoms with E-state index in [1.54, 1.807) is 6.92 Å². The number of hydrogen-bond acceptors (Lipinski definition) is 6. The molecule has 0 heterocycles. The van der Waals surface area contributed by atoms with Crippen molar-refractivity contribution in [3.05, 3.63) is 0 Å². The van der Waals surface area contributed by atoms with Crippen molar-refractivity contribution in [2.45, 2.75) is 65.0 Å². The molecule has 0 aromatic rings. The molecule has 3 atom stereocenters. The standard InChI is InChI=1S/C16H34O6/c1-4-6-8-19-10-12-21-15(14(3)17)16(18)22-13-11-20-9-7-5-2/h14-18H,4-13H2,1-3H3. The zero-order chi connectivity index (χ0) is 16.6. The summed E-state index contributed by atoms with van der Waals surface area (Å²) in [6.07, 6.45) is 1.41. The van der Waals surface area contributed by atoms with Gasteiger partial charge in [-0.05, 0) is 19.8 Å². The van der Waals surface area contributed by atoms with E-state index in [0.717, 1.165) is 25.7 Å². The number of hydrogen-bond donors (Lipinski definition) is 2. The van der Waals surface area contributed by atoms with Gasteiger partial charge >= 0.3 is 0 Å². The Morgan fingerprint density at radius 1 is 0.727 bits per heavy atom. The number of aliphatic hydroxyl groups is 2. The number of ether oxygens (including phenoxy) is 4. The van der Waals surface area contributed by atoms with Crippen LogP contribution in [0.15, 0.2) is 0 Å². The highest BCUT2D eigenvalue weighted by atomic mass is 16.6. The molecule has 0 spiro atoms. The quantitative estimate of drug-likeness (QED) is 0.333. The molecular weight excluding hydrogens is 288 g/mol. The van der Waals surface area contributed by atoms with E-state index in [2.05, 4.69) is 13.8 Å². The number of rotatable bonds is 16. The van der Waals surface area contributed by atoms with Crippen molar-refractivity contribution in [1.82, 2.24) is 0 Å². The maximum absolute atomic E-state index is 9.92. The van der Waals surface area contributed by atoms with Crippen molar-refractivity contribution >= 4 is 0 Å². The minimum atomic E-state index is -1.18. The predicted octanol–water partition coefficient (Wildman–Crippen LogP) is 1.72. The third-order valence-corrected chi connectivity index (χ3v) is 3.10. The van der Waals surface area contributed by atoms with Crippen LogP contribution in [0.3, 0.4) is 0 Å². The maximum Gasteiger partial charge on any atom is 0.183 e. The molecule has 0 bridgehead atoms. The van der Waals surface area contributed by atoms with Crippen LogP contribution in [0.2, 0.25) is 0 Å². The molecule has 0 saturated carbocycles. The summed E-state index contributed by atoms with van der Waals surface area (Å²) in [5.74, 6) is 0. The molecule has 3 unspecified atom stereocenters. The van der Waals surface area contributed by atoms with E-state index in [9.17, 15) is 10.2 Å². The summed E-state index contributed by atoms with van der Waals surface area (Å²) in [6.45, 7) is 8.60. The van der Waals surface area contributed by atoms with Gasteiger partial charge in [0.05, 0.1) is 32.5 Å². The average Bonchev–Trinajstić information content (AvgIpc) is 2.49. The van der Waals surface area contributed by atoms with E-state index in [1.807, 2.05) is 0 Å². The normalized spacial score (nSPS) is 15.7. The van der Waals surface area contributed by atoms with Crippen molar-refractivity contribution in [2.24, 2.45) is 0 Å². The second-order valence-corrected chi connectivity index (χ2v) is 5.27. The van der Waals surface area contributed by atoms with E-state index in [0.29, 0.717) is 33.0 Å². The van der Waals surface area contributed by atoms with Gasteiger partial charge in [0, 0.05) is 13.2 Å². The van der Waals surface area contributed by atoms with Gasteiger partial charge in [-0.2, -0.15) is 0 Å². The number of aliphatic hydroxyl groups excluding tert-OH is 2. The molecule has 0 rings (SSSR count). The fourth-order valence-corrected chi connectivity index (χ4v) is 1.72. The first-order valence-electron chi connectivity index (χ1n) is 8.38. The topological polar surface area (TPSA) is 77.4 Å². The van der Waals surface area contributed by atoms with Gasteiger partial charge in [0.1, 0.15) is 6.10 Å². The molecule has 0 fully saturated rings. The molecule has 6 heteroatoms. The molecular formula is C16H34O6. The second kappa shape index (κ2) is 15.6. The summed E-state index contributed by atoms with van der Waals surface area (Å²) in [7, 11) is 0. The van der Waals surface area contributed by atoms with Gasteiger partial charge in [0.2, 0.25) is 0 Å². The second-order valence-electron chi connectivity index (χ2n) is 5.27. The van der Waals surface area contributed by atoms with Crippen molar-refractivity contribution in [2.75, 3.05) is 39.6 Å². The van der Waals surface area contributed by atoms with Gasteiger partial charge < -0.3 is 29.2 Å². The Labute approximate surface area is 134 Å². The van der Waals surface area contributed by atoms with Crippen LogP contribution >= 0.6 is 0 Å². The molecule has 0 aromatic carbocycles. The fraction of sp³-hybridized carbons (Fsp3) is 1.00. The first-order chi connectivity index (χ1) is 10.6. The molecule has 0 aliphatic heterocycles. The van der Waals surface area contributed by atoms with Crippen molar-refractivity contribution < 1.29 is 29.2 Å². The Morgan fingerprint density at radius 3 is 1.68 bits per heavy atom. The fourth-order valence-electron chi connectivity index (χ4n) is 1.72. The molecule has 2 N–H and O–H groups in total. The molecule has 0 saturated heterocycles. The lowest BCUT2D eigenvalue weighted by Crippen LogP contribution is -2.41. The molecule has 22 heavy (non-hydrogen) atoms. The van der Waals surface area contributed by atoms with Crippen LogP contribution in [0.1, 0.15) is 46.5 Å². The summed E-state index contributed by atoms with van der Waals surface area (Å²) in [4.78, 5) is 0. The van der Waals surface area contributed by atoms with Crippen LogP contribution in [-0.4, -0.2) is 68.4 Å². The third-order valence-electron chi connectivity index (χ3n) is 3.10. The summed E-state index contributed by atoms with van der Waals surface area (Å²) in [6, 6.07) is 0. The van der Waals surface area contributed by atoms with Gasteiger partial charge in [-0.1, -0.05) is 26.7 Å². The van der Waals surface area contributed by atoms with E-state index < -0.39 is 18.5 Å². The molecule has 6 nitrogen and oxygen atoms in total. The molecule has 0 aliphatic carbocycles. The zero-order valence-electron chi connectivity index (χ0n) is 14.3. The molecule has 0 aliphatic rings. The zero-order valence-corrected chi connectivity index (χ0v) is 14.3. The van der Waals surface area contributed by atoms with Crippen LogP contribution in [0.4, 0.5) is 0 Å². The predicted molar refractivity (Wildman–Crippen MR) is 84.8 cm³/mol. The minimum Gasteiger partial charge on any atom is -0.391 e. The molecule has 0 aromatic heterocycles. The lowest BCUT2D eigenvalue weighted by Gasteiger charge is -2.25. The van der Waals surface area contributed by atoms with Gasteiger partial charge in [0.25, 0.3) is 0 Å². The van der Waals surface area contributed by atoms with Gasteiger partial charge in [-0.15, -0.1) is 0 Å². The highest BCUT2D eigenvalue weighted by Gasteiger charge is 2.25. The van der Waals surface area contributed by atoms with Crippen molar-refractivity contribution in [3.63, 3.8) is 0 Å². The summed E-state index contributed by atoms with van der Waals surface area (Å²) < 4.78 is 21.4. The van der Waals surface area contributed by atoms with Crippen molar-refractivity contribution in [3.8, 4) is 0 Å². The van der Waals surface area contributed by atoms with Gasteiger partial charge in [0.15, 0.2) is 6.29 Å². The van der Waals surface area contributed by atoms with Gasteiger partial charge in [-0.25, -0.2) is 0 Å². The van der Waals surface area contributed by atoms with Crippen LogP contribution in [-0.2, 0) is 18.9 Å². The summed E-state index contributed by atoms with van der Waals surface area (Å²) >= 11 is 0. The van der Waals surface area contributed by atoms with Crippen LogP contribution in [0.25, 0.3) is 0 Å². The Morgan fingerprint density at radius 2 is 1.23 bits per heavy atom. The lowest BCUT2D eigenvalue weighted by molar-refractivity contribution is -0.210. The summed E-state index contributed by atoms with van der Waals surface area (Å²) in [5.41, 5.74) is 0. The Bertz CT molecular complexity index is 225. The molecule has 134 valence electrons. The van der Waals surface area contributed by atoms with Crippen molar-refractivity contribution in [1.29, 1.82) is 0 Å². The lowest BCUT2D eigenvalue weighted by atomic mass is 10.2. The van der Waals surface area contributed by atoms with E-state index in [1.165, 1.54) is 0 Å². The van der Waals surface area contributed by atoms with E-state index in [4.69, 9.17) is 18.9 Å². The average molecular weight is 322 g/mol. The van der Waals surface area contributed by atoms with Crippen LogP contribution < -0.4 is 0 Å². The van der Waals surface area contributed by atoms with Gasteiger partial charge in [-0.3, -0.25) is 0 Å². The Hall–Kier alpha value is -0.240. The molecule has 0 radical (unpaired) electrons. The SMILES string of the molecule is CCCCOCCOC(O)C(OCCOCCCC)C(C)O. The van der Waals surface area contributed by atoms with Crippen LogP contribution in [0.5, 0.6) is 0 Å². The Kier molecular flexibility index (Phi) is 15.5. The van der Waals surface area contributed by atoms with E-state index >= 15 is 0 Å². The third kappa shape index (κ3) is 12.3. The highest BCUT2D eigenvalue weighted by molar-refractivity contribution is 4.67. The summed E-state index contributed by atoms with van der Waals surface area (Å²) in [5, 5.41) is 19.6. The van der Waals surface area contributed by atoms with Crippen LogP contribution in [0, 0.1) is 0 Å². The number of unbranched alkanes of at least 4 members (excludes halogenated alkanes) is 2.